The van der Waals surface area contributed by atoms with Crippen molar-refractivity contribution >= 4 is 26.8 Å². The number of carbonyl (C=O) groups excluding carboxylic acids is 1. The molecule has 4 aromatic rings. The van der Waals surface area contributed by atoms with Crippen LogP contribution in [0.2, 0.25) is 0 Å². The lowest BCUT2D eigenvalue weighted by Crippen LogP contribution is -2.32. The Bertz CT molecular complexity index is 1520. The summed E-state index contributed by atoms with van der Waals surface area (Å²) >= 11 is 0. The smallest absolute Gasteiger partial charge is 0.253 e. The van der Waals surface area contributed by atoms with Crippen molar-refractivity contribution in [2.75, 3.05) is 6.26 Å². The van der Waals surface area contributed by atoms with Gasteiger partial charge in [-0.1, -0.05) is 30.3 Å². The van der Waals surface area contributed by atoms with Gasteiger partial charge in [-0.05, 0) is 36.8 Å². The Morgan fingerprint density at radius 3 is 2.48 bits per heavy atom. The largest absolute Gasteiger partial charge is 0.335 e. The number of nitrogens with one attached hydrogen (secondary N) is 1. The van der Waals surface area contributed by atoms with Crippen LogP contribution in [0.25, 0.3) is 22.0 Å². The summed E-state index contributed by atoms with van der Waals surface area (Å²) in [4.78, 5) is 24.8. The molecule has 0 aliphatic rings. The summed E-state index contributed by atoms with van der Waals surface area (Å²) < 4.78 is 42.2. The predicted octanol–water partition coefficient (Wildman–Crippen LogP) is 3.04. The lowest BCUT2D eigenvalue weighted by atomic mass is 10.0. The number of halogens is 1. The summed E-state index contributed by atoms with van der Waals surface area (Å²) in [6.07, 6.45) is 2.62. The van der Waals surface area contributed by atoms with Gasteiger partial charge in [0.25, 0.3) is 11.5 Å². The summed E-state index contributed by atoms with van der Waals surface area (Å²) in [6.45, 7) is 1.88. The van der Waals surface area contributed by atoms with Crippen LogP contribution in [0.5, 0.6) is 0 Å². The van der Waals surface area contributed by atoms with Gasteiger partial charge in [0, 0.05) is 40.0 Å². The monoisotopic (exact) mass is 467 g/mol. The maximum Gasteiger partial charge on any atom is 0.253 e. The quantitative estimate of drug-likeness (QED) is 0.472. The van der Waals surface area contributed by atoms with Gasteiger partial charge in [0.15, 0.2) is 0 Å². The van der Waals surface area contributed by atoms with Crippen molar-refractivity contribution in [2.24, 2.45) is 0 Å². The highest BCUT2D eigenvalue weighted by Gasteiger charge is 2.20. The SMILES string of the molecule is Cc1c(-c2ccc(=O)n(Cc3ccccc3)c2)c2cc(F)ccc2n1CC(=O)NS(C)(=O)=O. The second kappa shape index (κ2) is 8.67. The average Bonchev–Trinajstić information content (AvgIpc) is 3.00. The number of aromatic nitrogens is 2. The van der Waals surface area contributed by atoms with E-state index in [1.165, 1.54) is 18.2 Å². The lowest BCUT2D eigenvalue weighted by Gasteiger charge is -2.11. The van der Waals surface area contributed by atoms with Gasteiger partial charge in [-0.2, -0.15) is 0 Å². The van der Waals surface area contributed by atoms with Crippen LogP contribution in [0.3, 0.4) is 0 Å². The highest BCUT2D eigenvalue weighted by molar-refractivity contribution is 7.89. The molecule has 1 N–H and O–H groups in total. The molecule has 0 fully saturated rings. The van der Waals surface area contributed by atoms with E-state index in [-0.39, 0.29) is 12.1 Å². The molecule has 7 nitrogen and oxygen atoms in total. The third kappa shape index (κ3) is 4.88. The van der Waals surface area contributed by atoms with Gasteiger partial charge in [0.05, 0.1) is 12.8 Å². The van der Waals surface area contributed by atoms with Crippen molar-refractivity contribution in [3.8, 4) is 11.1 Å². The second-order valence-corrected chi connectivity index (χ2v) is 9.62. The van der Waals surface area contributed by atoms with E-state index in [0.29, 0.717) is 34.3 Å². The minimum absolute atomic E-state index is 0.178. The Balaban J connectivity index is 1.83. The van der Waals surface area contributed by atoms with E-state index in [1.54, 1.807) is 34.4 Å². The van der Waals surface area contributed by atoms with E-state index >= 15 is 0 Å². The Labute approximate surface area is 190 Å². The molecule has 0 spiro atoms. The van der Waals surface area contributed by atoms with Crippen molar-refractivity contribution < 1.29 is 17.6 Å². The minimum Gasteiger partial charge on any atom is -0.335 e. The first-order chi connectivity index (χ1) is 15.6. The Hall–Kier alpha value is -3.72. The van der Waals surface area contributed by atoms with Crippen molar-refractivity contribution in [1.82, 2.24) is 13.9 Å². The molecule has 33 heavy (non-hydrogen) atoms. The second-order valence-electron chi connectivity index (χ2n) is 7.87. The molecule has 170 valence electrons. The molecular weight excluding hydrogens is 445 g/mol. The van der Waals surface area contributed by atoms with Crippen molar-refractivity contribution in [3.63, 3.8) is 0 Å². The Kier molecular flexibility index (Phi) is 5.90. The minimum atomic E-state index is -3.71. The highest BCUT2D eigenvalue weighted by Crippen LogP contribution is 2.34. The van der Waals surface area contributed by atoms with Gasteiger partial charge in [-0.15, -0.1) is 0 Å². The number of pyridine rings is 1. The molecular formula is C24H22FN3O4S. The average molecular weight is 468 g/mol. The van der Waals surface area contributed by atoms with Crippen LogP contribution in [-0.2, 0) is 27.9 Å². The molecule has 2 heterocycles. The number of carbonyl (C=O) groups is 1. The van der Waals surface area contributed by atoms with Gasteiger partial charge >= 0.3 is 0 Å². The van der Waals surface area contributed by atoms with Crippen LogP contribution < -0.4 is 10.3 Å². The molecule has 0 atom stereocenters. The fraction of sp³-hybridized carbons (Fsp3) is 0.167. The van der Waals surface area contributed by atoms with E-state index in [9.17, 15) is 22.4 Å². The topological polar surface area (TPSA) is 90.2 Å². The zero-order valence-electron chi connectivity index (χ0n) is 18.1. The molecule has 2 aromatic heterocycles. The van der Waals surface area contributed by atoms with E-state index in [2.05, 4.69) is 0 Å². The Morgan fingerprint density at radius 1 is 1.06 bits per heavy atom. The summed E-state index contributed by atoms with van der Waals surface area (Å²) in [5.41, 5.74) is 3.35. The van der Waals surface area contributed by atoms with Gasteiger partial charge in [0.1, 0.15) is 12.4 Å². The molecule has 0 aliphatic carbocycles. The third-order valence-corrected chi connectivity index (χ3v) is 5.95. The summed E-state index contributed by atoms with van der Waals surface area (Å²) in [6, 6.07) is 16.9. The van der Waals surface area contributed by atoms with Crippen LogP contribution in [0, 0.1) is 12.7 Å². The normalized spacial score (nSPS) is 11.6. The molecule has 0 aliphatic heterocycles. The third-order valence-electron chi connectivity index (χ3n) is 5.35. The van der Waals surface area contributed by atoms with Gasteiger partial charge in [0.2, 0.25) is 10.0 Å². The van der Waals surface area contributed by atoms with Gasteiger partial charge in [-0.3, -0.25) is 14.3 Å². The fourth-order valence-corrected chi connectivity index (χ4v) is 4.47. The molecule has 4 rings (SSSR count). The van der Waals surface area contributed by atoms with E-state index in [1.807, 2.05) is 35.1 Å². The molecule has 0 radical (unpaired) electrons. The molecule has 1 amide bonds. The predicted molar refractivity (Wildman–Crippen MR) is 125 cm³/mol. The standard InChI is InChI=1S/C24H22FN3O4S/c1-16-24(18-8-11-23(30)27(14-18)13-17-6-4-3-5-7-17)20-12-19(25)9-10-21(20)28(16)15-22(29)26-33(2,31)32/h3-12,14H,13,15H2,1-2H3,(H,26,29). The van der Waals surface area contributed by atoms with E-state index in [0.717, 1.165) is 11.8 Å². The molecule has 0 unspecified atom stereocenters. The Morgan fingerprint density at radius 2 is 1.79 bits per heavy atom. The maximum atomic E-state index is 14.2. The van der Waals surface area contributed by atoms with Gasteiger partial charge < -0.3 is 9.13 Å². The zero-order chi connectivity index (χ0) is 23.8. The van der Waals surface area contributed by atoms with Crippen LogP contribution in [0.4, 0.5) is 4.39 Å². The summed E-state index contributed by atoms with van der Waals surface area (Å²) in [5.74, 6) is -1.15. The number of hydrogen-bond donors (Lipinski definition) is 1. The summed E-state index contributed by atoms with van der Waals surface area (Å²) in [5, 5.41) is 0.560. The van der Waals surface area contributed by atoms with Crippen molar-refractivity contribution in [2.45, 2.75) is 20.0 Å². The van der Waals surface area contributed by atoms with Crippen LogP contribution >= 0.6 is 0 Å². The fourth-order valence-electron chi connectivity index (χ4n) is 3.99. The first-order valence-corrected chi connectivity index (χ1v) is 12.1. The number of hydrogen-bond acceptors (Lipinski definition) is 4. The number of nitrogens with zero attached hydrogens (tertiary/aromatic N) is 2. The molecule has 0 saturated heterocycles. The maximum absolute atomic E-state index is 14.2. The number of fused-ring (bicyclic) bond motifs is 1. The van der Waals surface area contributed by atoms with Gasteiger partial charge in [-0.25, -0.2) is 12.8 Å². The molecule has 2 aromatic carbocycles. The number of sulfonamides is 1. The number of benzene rings is 2. The first kappa shape index (κ1) is 22.5. The lowest BCUT2D eigenvalue weighted by molar-refractivity contribution is -0.119. The highest BCUT2D eigenvalue weighted by atomic mass is 32.2. The molecule has 9 heteroatoms. The van der Waals surface area contributed by atoms with Crippen molar-refractivity contribution in [3.05, 3.63) is 94.3 Å². The van der Waals surface area contributed by atoms with Crippen LogP contribution in [0.15, 0.2) is 71.7 Å². The molecule has 0 saturated carbocycles. The zero-order valence-corrected chi connectivity index (χ0v) is 18.9. The number of amides is 1. The molecule has 0 bridgehead atoms. The van der Waals surface area contributed by atoms with Crippen molar-refractivity contribution in [1.29, 1.82) is 0 Å². The van der Waals surface area contributed by atoms with E-state index < -0.39 is 21.7 Å². The number of rotatable bonds is 6. The first-order valence-electron chi connectivity index (χ1n) is 10.2. The van der Waals surface area contributed by atoms with E-state index in [4.69, 9.17) is 0 Å². The summed E-state index contributed by atoms with van der Waals surface area (Å²) in [7, 11) is -3.71. The van der Waals surface area contributed by atoms with Crippen LogP contribution in [0.1, 0.15) is 11.3 Å². The van der Waals surface area contributed by atoms with Crippen LogP contribution in [-0.4, -0.2) is 29.7 Å².